The highest BCUT2D eigenvalue weighted by Gasteiger charge is 2.09. The maximum absolute atomic E-state index is 11.7. The molecular formula is C19H31N3O2. The van der Waals surface area contributed by atoms with Gasteiger partial charge >= 0.3 is 0 Å². The first-order valence-corrected chi connectivity index (χ1v) is 9.04. The Morgan fingerprint density at radius 3 is 2.42 bits per heavy atom. The minimum atomic E-state index is 0.0137. The molecule has 0 aliphatic carbocycles. The van der Waals surface area contributed by atoms with Crippen LogP contribution < -0.4 is 10.6 Å². The van der Waals surface area contributed by atoms with E-state index in [4.69, 9.17) is 4.74 Å². The number of hydrogen-bond acceptors (Lipinski definition) is 4. The number of amides is 1. The van der Waals surface area contributed by atoms with Crippen LogP contribution in [0.5, 0.6) is 0 Å². The Balaban J connectivity index is 1.68. The largest absolute Gasteiger partial charge is 0.383 e. The molecule has 134 valence electrons. The van der Waals surface area contributed by atoms with Crippen LogP contribution >= 0.6 is 0 Å². The standard InChI is InChI=1S/C19H31N3O2/c1-24-13-10-20-15-19(23)21-14-17-6-8-18(9-7-17)16-22-11-4-2-3-5-12-22/h6-9,20H,2-5,10-16H2,1H3,(H,21,23). The third-order valence-electron chi connectivity index (χ3n) is 4.39. The summed E-state index contributed by atoms with van der Waals surface area (Å²) in [7, 11) is 1.65. The van der Waals surface area contributed by atoms with Gasteiger partial charge in [-0.15, -0.1) is 0 Å². The number of carbonyl (C=O) groups is 1. The van der Waals surface area contributed by atoms with E-state index in [9.17, 15) is 4.79 Å². The Morgan fingerprint density at radius 1 is 1.08 bits per heavy atom. The monoisotopic (exact) mass is 333 g/mol. The Morgan fingerprint density at radius 2 is 1.75 bits per heavy atom. The number of ether oxygens (including phenoxy) is 1. The van der Waals surface area contributed by atoms with Gasteiger partial charge in [0.05, 0.1) is 13.2 Å². The molecule has 0 atom stereocenters. The van der Waals surface area contributed by atoms with Crippen LogP contribution in [-0.2, 0) is 22.6 Å². The maximum atomic E-state index is 11.7. The molecule has 1 aliphatic heterocycles. The molecule has 2 rings (SSSR count). The topological polar surface area (TPSA) is 53.6 Å². The van der Waals surface area contributed by atoms with Crippen LogP contribution in [0.2, 0.25) is 0 Å². The summed E-state index contributed by atoms with van der Waals surface area (Å²) in [5.74, 6) is 0.0137. The zero-order valence-electron chi connectivity index (χ0n) is 14.9. The molecule has 1 aromatic rings. The van der Waals surface area contributed by atoms with Crippen molar-refractivity contribution in [2.45, 2.75) is 38.8 Å². The van der Waals surface area contributed by atoms with Gasteiger partial charge in [-0.3, -0.25) is 9.69 Å². The first-order valence-electron chi connectivity index (χ1n) is 9.04. The van der Waals surface area contributed by atoms with Gasteiger partial charge in [-0.2, -0.15) is 0 Å². The molecule has 0 radical (unpaired) electrons. The van der Waals surface area contributed by atoms with Crippen molar-refractivity contribution in [3.8, 4) is 0 Å². The molecule has 0 saturated carbocycles. The summed E-state index contributed by atoms with van der Waals surface area (Å²) in [6.07, 6.45) is 5.38. The van der Waals surface area contributed by atoms with Gasteiger partial charge in [0.25, 0.3) is 0 Å². The van der Waals surface area contributed by atoms with Crippen LogP contribution in [0.4, 0.5) is 0 Å². The van der Waals surface area contributed by atoms with Gasteiger partial charge in [0.1, 0.15) is 0 Å². The Kier molecular flexibility index (Phi) is 8.81. The van der Waals surface area contributed by atoms with Crippen LogP contribution in [0.3, 0.4) is 0 Å². The zero-order valence-corrected chi connectivity index (χ0v) is 14.9. The Bertz CT molecular complexity index is 468. The van der Waals surface area contributed by atoms with Crippen molar-refractivity contribution in [3.05, 3.63) is 35.4 Å². The van der Waals surface area contributed by atoms with Crippen molar-refractivity contribution in [1.82, 2.24) is 15.5 Å². The fraction of sp³-hybridized carbons (Fsp3) is 0.632. The average molecular weight is 333 g/mol. The van der Waals surface area contributed by atoms with E-state index in [0.717, 1.165) is 12.1 Å². The highest BCUT2D eigenvalue weighted by molar-refractivity contribution is 5.77. The van der Waals surface area contributed by atoms with Crippen molar-refractivity contribution >= 4 is 5.91 Å². The van der Waals surface area contributed by atoms with Crippen molar-refractivity contribution in [3.63, 3.8) is 0 Å². The van der Waals surface area contributed by atoms with Gasteiger partial charge in [-0.1, -0.05) is 37.1 Å². The first-order chi connectivity index (χ1) is 11.8. The van der Waals surface area contributed by atoms with Crippen molar-refractivity contribution in [2.75, 3.05) is 39.9 Å². The zero-order chi connectivity index (χ0) is 17.0. The molecule has 2 N–H and O–H groups in total. The summed E-state index contributed by atoms with van der Waals surface area (Å²) >= 11 is 0. The second kappa shape index (κ2) is 11.2. The minimum Gasteiger partial charge on any atom is -0.383 e. The lowest BCUT2D eigenvalue weighted by Gasteiger charge is -2.19. The molecule has 1 fully saturated rings. The van der Waals surface area contributed by atoms with E-state index in [0.29, 0.717) is 26.2 Å². The SMILES string of the molecule is COCCNCC(=O)NCc1ccc(CN2CCCCCC2)cc1. The molecule has 1 aromatic carbocycles. The highest BCUT2D eigenvalue weighted by atomic mass is 16.5. The van der Waals surface area contributed by atoms with Gasteiger partial charge in [0.15, 0.2) is 0 Å². The van der Waals surface area contributed by atoms with Gasteiger partial charge in [0.2, 0.25) is 5.91 Å². The molecule has 5 heteroatoms. The molecule has 5 nitrogen and oxygen atoms in total. The highest BCUT2D eigenvalue weighted by Crippen LogP contribution is 2.13. The molecule has 0 unspecified atom stereocenters. The quantitative estimate of drug-likeness (QED) is 0.678. The van der Waals surface area contributed by atoms with Crippen LogP contribution in [-0.4, -0.2) is 50.7 Å². The summed E-state index contributed by atoms with van der Waals surface area (Å²) in [5.41, 5.74) is 2.49. The van der Waals surface area contributed by atoms with Crippen molar-refractivity contribution in [2.24, 2.45) is 0 Å². The third-order valence-corrected chi connectivity index (χ3v) is 4.39. The predicted molar refractivity (Wildman–Crippen MR) is 96.8 cm³/mol. The van der Waals surface area contributed by atoms with Gasteiger partial charge in [0, 0.05) is 26.7 Å². The van der Waals surface area contributed by atoms with Gasteiger partial charge in [-0.05, 0) is 37.1 Å². The normalized spacial score (nSPS) is 15.9. The van der Waals surface area contributed by atoms with Crippen LogP contribution in [0.1, 0.15) is 36.8 Å². The van der Waals surface area contributed by atoms with Crippen LogP contribution in [0, 0.1) is 0 Å². The maximum Gasteiger partial charge on any atom is 0.234 e. The number of carbonyl (C=O) groups excluding carboxylic acids is 1. The van der Waals surface area contributed by atoms with Crippen molar-refractivity contribution in [1.29, 1.82) is 0 Å². The van der Waals surface area contributed by atoms with E-state index in [1.807, 2.05) is 0 Å². The molecule has 0 bridgehead atoms. The van der Waals surface area contributed by atoms with Gasteiger partial charge in [-0.25, -0.2) is 0 Å². The molecule has 1 heterocycles. The van der Waals surface area contributed by atoms with E-state index >= 15 is 0 Å². The predicted octanol–water partition coefficient (Wildman–Crippen LogP) is 1.91. The van der Waals surface area contributed by atoms with Gasteiger partial charge < -0.3 is 15.4 Å². The minimum absolute atomic E-state index is 0.0137. The summed E-state index contributed by atoms with van der Waals surface area (Å²) in [6, 6.07) is 8.60. The number of hydrogen-bond donors (Lipinski definition) is 2. The lowest BCUT2D eigenvalue weighted by atomic mass is 10.1. The van der Waals surface area contributed by atoms with E-state index < -0.39 is 0 Å². The number of likely N-dealkylation sites (tertiary alicyclic amines) is 1. The number of benzene rings is 1. The lowest BCUT2D eigenvalue weighted by Crippen LogP contribution is -2.34. The number of methoxy groups -OCH3 is 1. The Hall–Kier alpha value is -1.43. The molecule has 1 aliphatic rings. The average Bonchev–Trinajstić information content (AvgIpc) is 2.87. The van der Waals surface area contributed by atoms with Crippen molar-refractivity contribution < 1.29 is 9.53 Å². The number of nitrogens with one attached hydrogen (secondary N) is 2. The molecule has 1 saturated heterocycles. The smallest absolute Gasteiger partial charge is 0.234 e. The molecule has 24 heavy (non-hydrogen) atoms. The molecule has 0 spiro atoms. The van der Waals surface area contributed by atoms with Crippen LogP contribution in [0.25, 0.3) is 0 Å². The third kappa shape index (κ3) is 7.43. The molecule has 1 amide bonds. The first kappa shape index (κ1) is 18.9. The molecular weight excluding hydrogens is 302 g/mol. The summed E-state index contributed by atoms with van der Waals surface area (Å²) in [4.78, 5) is 14.3. The summed E-state index contributed by atoms with van der Waals surface area (Å²) in [6.45, 7) is 5.68. The number of nitrogens with zero attached hydrogens (tertiary/aromatic N) is 1. The molecule has 0 aromatic heterocycles. The van der Waals surface area contributed by atoms with E-state index in [1.165, 1.54) is 44.3 Å². The fourth-order valence-electron chi connectivity index (χ4n) is 2.95. The Labute approximate surface area is 145 Å². The number of rotatable bonds is 9. The lowest BCUT2D eigenvalue weighted by molar-refractivity contribution is -0.120. The van der Waals surface area contributed by atoms with E-state index in [1.54, 1.807) is 7.11 Å². The summed E-state index contributed by atoms with van der Waals surface area (Å²) in [5, 5.41) is 5.97. The summed E-state index contributed by atoms with van der Waals surface area (Å²) < 4.78 is 4.93. The fourth-order valence-corrected chi connectivity index (χ4v) is 2.95. The van der Waals surface area contributed by atoms with E-state index in [2.05, 4.69) is 39.8 Å². The second-order valence-corrected chi connectivity index (χ2v) is 6.45. The second-order valence-electron chi connectivity index (χ2n) is 6.45. The van der Waals surface area contributed by atoms with E-state index in [-0.39, 0.29) is 5.91 Å². The van der Waals surface area contributed by atoms with Crippen LogP contribution in [0.15, 0.2) is 24.3 Å².